The number of hydrogen-bond acceptors (Lipinski definition) is 3. The molecule has 1 heterocycles. The SMILES string of the molecule is Cc1ccc(-c2c(COc3ccccc3Br)c(C)nc(CC(C)C)c2CN)cc1.Cl.Cl. The molecule has 3 nitrogen and oxygen atoms in total. The molecule has 0 saturated carbocycles. The second kappa shape index (κ2) is 12.4. The minimum Gasteiger partial charge on any atom is -0.488 e. The largest absolute Gasteiger partial charge is 0.488 e. The summed E-state index contributed by atoms with van der Waals surface area (Å²) >= 11 is 3.57. The van der Waals surface area contributed by atoms with Gasteiger partial charge in [-0.25, -0.2) is 0 Å². The Labute approximate surface area is 206 Å². The van der Waals surface area contributed by atoms with Crippen molar-refractivity contribution in [1.82, 2.24) is 4.98 Å². The summed E-state index contributed by atoms with van der Waals surface area (Å²) in [6.07, 6.45) is 0.914. The fraction of sp³-hybridized carbons (Fsp3) is 0.320. The van der Waals surface area contributed by atoms with E-state index in [9.17, 15) is 0 Å². The summed E-state index contributed by atoms with van der Waals surface area (Å²) in [4.78, 5) is 4.95. The summed E-state index contributed by atoms with van der Waals surface area (Å²) < 4.78 is 7.12. The van der Waals surface area contributed by atoms with E-state index < -0.39 is 0 Å². The van der Waals surface area contributed by atoms with Crippen LogP contribution in [0.1, 0.15) is 41.9 Å². The minimum atomic E-state index is 0. The molecule has 0 saturated heterocycles. The standard InChI is InChI=1S/C25H29BrN2O.2ClH/c1-16(2)13-23-20(14-27)25(19-11-9-17(3)10-12-19)21(18(4)28-23)15-29-24-8-6-5-7-22(24)26;;/h5-12,16H,13-15,27H2,1-4H3;2*1H. The molecule has 0 atom stereocenters. The van der Waals surface area contributed by atoms with Crippen LogP contribution in [-0.2, 0) is 19.6 Å². The minimum absolute atomic E-state index is 0. The molecule has 0 unspecified atom stereocenters. The fourth-order valence-corrected chi connectivity index (χ4v) is 3.98. The van der Waals surface area contributed by atoms with Gasteiger partial charge in [0.05, 0.1) is 4.47 Å². The van der Waals surface area contributed by atoms with E-state index in [2.05, 4.69) is 67.9 Å². The first-order chi connectivity index (χ1) is 13.9. The number of nitrogens with zero attached hydrogens (tertiary/aromatic N) is 1. The number of rotatable bonds is 7. The molecule has 0 spiro atoms. The normalized spacial score (nSPS) is 10.4. The Morgan fingerprint density at radius 1 is 0.968 bits per heavy atom. The summed E-state index contributed by atoms with van der Waals surface area (Å²) in [5, 5.41) is 0. The van der Waals surface area contributed by atoms with Gasteiger partial charge in [-0.15, -0.1) is 24.8 Å². The first-order valence-corrected chi connectivity index (χ1v) is 10.9. The maximum atomic E-state index is 6.26. The van der Waals surface area contributed by atoms with Crippen molar-refractivity contribution < 1.29 is 4.74 Å². The number of pyridine rings is 1. The number of para-hydroxylation sites is 1. The molecule has 168 valence electrons. The van der Waals surface area contributed by atoms with E-state index in [1.807, 2.05) is 24.3 Å². The third-order valence-electron chi connectivity index (χ3n) is 5.05. The van der Waals surface area contributed by atoms with Crippen LogP contribution in [0, 0.1) is 19.8 Å². The number of ether oxygens (including phenoxy) is 1. The molecule has 0 aliphatic rings. The van der Waals surface area contributed by atoms with Crippen LogP contribution in [-0.4, -0.2) is 4.98 Å². The van der Waals surface area contributed by atoms with Crippen LogP contribution in [0.3, 0.4) is 0 Å². The molecular weight excluding hydrogens is 495 g/mol. The number of benzene rings is 2. The number of hydrogen-bond donors (Lipinski definition) is 1. The first-order valence-electron chi connectivity index (χ1n) is 10.1. The zero-order valence-corrected chi connectivity index (χ0v) is 21.7. The Balaban J connectivity index is 0.00000240. The Morgan fingerprint density at radius 2 is 1.61 bits per heavy atom. The van der Waals surface area contributed by atoms with Crippen molar-refractivity contribution in [2.75, 3.05) is 0 Å². The van der Waals surface area contributed by atoms with Gasteiger partial charge in [-0.3, -0.25) is 4.98 Å². The Kier molecular flexibility index (Phi) is 11.0. The molecule has 0 aliphatic heterocycles. The summed E-state index contributed by atoms with van der Waals surface area (Å²) in [6.45, 7) is 9.51. The zero-order valence-electron chi connectivity index (χ0n) is 18.4. The van der Waals surface area contributed by atoms with E-state index >= 15 is 0 Å². The summed E-state index contributed by atoms with van der Waals surface area (Å²) in [5.41, 5.74) is 14.1. The monoisotopic (exact) mass is 524 g/mol. The molecule has 6 heteroatoms. The highest BCUT2D eigenvalue weighted by atomic mass is 79.9. The first kappa shape index (κ1) is 27.4. The molecule has 3 rings (SSSR count). The second-order valence-corrected chi connectivity index (χ2v) is 8.72. The van der Waals surface area contributed by atoms with Gasteiger partial charge >= 0.3 is 0 Å². The van der Waals surface area contributed by atoms with E-state index in [1.54, 1.807) is 0 Å². The highest BCUT2D eigenvalue weighted by Gasteiger charge is 2.20. The van der Waals surface area contributed by atoms with E-state index in [-0.39, 0.29) is 24.8 Å². The van der Waals surface area contributed by atoms with Gasteiger partial charge in [0, 0.05) is 23.5 Å². The van der Waals surface area contributed by atoms with Crippen LogP contribution in [0.4, 0.5) is 0 Å². The van der Waals surface area contributed by atoms with Crippen LogP contribution in [0.15, 0.2) is 53.0 Å². The third-order valence-corrected chi connectivity index (χ3v) is 5.70. The maximum absolute atomic E-state index is 6.26. The van der Waals surface area contributed by atoms with Crippen LogP contribution < -0.4 is 10.5 Å². The summed E-state index contributed by atoms with van der Waals surface area (Å²) in [6, 6.07) is 16.5. The molecule has 0 radical (unpaired) electrons. The van der Waals surface area contributed by atoms with Crippen molar-refractivity contribution in [1.29, 1.82) is 0 Å². The van der Waals surface area contributed by atoms with E-state index in [0.717, 1.165) is 44.7 Å². The zero-order chi connectivity index (χ0) is 21.0. The van der Waals surface area contributed by atoms with Gasteiger partial charge in [-0.1, -0.05) is 55.8 Å². The van der Waals surface area contributed by atoms with Crippen molar-refractivity contribution in [3.63, 3.8) is 0 Å². The van der Waals surface area contributed by atoms with Gasteiger partial charge in [-0.2, -0.15) is 0 Å². The van der Waals surface area contributed by atoms with E-state index in [1.165, 1.54) is 11.1 Å². The summed E-state index contributed by atoms with van der Waals surface area (Å²) in [7, 11) is 0. The van der Waals surface area contributed by atoms with Crippen LogP contribution in [0.5, 0.6) is 5.75 Å². The van der Waals surface area contributed by atoms with Gasteiger partial charge in [0.15, 0.2) is 0 Å². The maximum Gasteiger partial charge on any atom is 0.133 e. The lowest BCUT2D eigenvalue weighted by atomic mass is 9.90. The predicted molar refractivity (Wildman–Crippen MR) is 139 cm³/mol. The third kappa shape index (κ3) is 6.69. The molecule has 0 bridgehead atoms. The van der Waals surface area contributed by atoms with Gasteiger partial charge < -0.3 is 10.5 Å². The lowest BCUT2D eigenvalue weighted by molar-refractivity contribution is 0.303. The quantitative estimate of drug-likeness (QED) is 0.354. The average molecular weight is 526 g/mol. The smallest absolute Gasteiger partial charge is 0.133 e. The van der Waals surface area contributed by atoms with Crippen molar-refractivity contribution in [3.8, 4) is 16.9 Å². The van der Waals surface area contributed by atoms with Crippen molar-refractivity contribution in [2.24, 2.45) is 11.7 Å². The number of halogens is 3. The van der Waals surface area contributed by atoms with Crippen molar-refractivity contribution in [3.05, 3.63) is 81.1 Å². The Bertz CT molecular complexity index is 992. The number of nitrogens with two attached hydrogens (primary N) is 1. The molecule has 0 amide bonds. The van der Waals surface area contributed by atoms with Crippen molar-refractivity contribution in [2.45, 2.75) is 47.3 Å². The van der Waals surface area contributed by atoms with E-state index in [0.29, 0.717) is 19.1 Å². The lowest BCUT2D eigenvalue weighted by Crippen LogP contribution is -2.14. The van der Waals surface area contributed by atoms with Crippen LogP contribution >= 0.6 is 40.7 Å². The Hall–Kier alpha value is -1.59. The summed E-state index contributed by atoms with van der Waals surface area (Å²) in [5.74, 6) is 1.34. The highest BCUT2D eigenvalue weighted by molar-refractivity contribution is 9.10. The average Bonchev–Trinajstić information content (AvgIpc) is 2.68. The molecule has 3 aromatic rings. The second-order valence-electron chi connectivity index (χ2n) is 7.86. The van der Waals surface area contributed by atoms with Gasteiger partial charge in [0.25, 0.3) is 0 Å². The fourth-order valence-electron chi connectivity index (χ4n) is 3.58. The van der Waals surface area contributed by atoms with Crippen molar-refractivity contribution >= 4 is 40.7 Å². The topological polar surface area (TPSA) is 48.1 Å². The highest BCUT2D eigenvalue weighted by Crippen LogP contribution is 2.34. The Morgan fingerprint density at radius 3 is 2.19 bits per heavy atom. The van der Waals surface area contributed by atoms with Gasteiger partial charge in [0.2, 0.25) is 0 Å². The van der Waals surface area contributed by atoms with Gasteiger partial charge in [0.1, 0.15) is 12.4 Å². The number of aryl methyl sites for hydroxylation is 2. The molecule has 2 aromatic carbocycles. The lowest BCUT2D eigenvalue weighted by Gasteiger charge is -2.21. The molecule has 0 aliphatic carbocycles. The van der Waals surface area contributed by atoms with Gasteiger partial charge in [-0.05, 0) is 70.9 Å². The van der Waals surface area contributed by atoms with Crippen LogP contribution in [0.2, 0.25) is 0 Å². The number of aromatic nitrogens is 1. The van der Waals surface area contributed by atoms with Crippen LogP contribution in [0.25, 0.3) is 11.1 Å². The molecular formula is C25H31BrCl2N2O. The van der Waals surface area contributed by atoms with E-state index in [4.69, 9.17) is 15.5 Å². The molecule has 1 aromatic heterocycles. The predicted octanol–water partition coefficient (Wildman–Crippen LogP) is 7.21. The molecule has 2 N–H and O–H groups in total. The molecule has 31 heavy (non-hydrogen) atoms. The molecule has 0 fully saturated rings.